The van der Waals surface area contributed by atoms with Crippen molar-refractivity contribution in [3.05, 3.63) is 269 Å². The minimum atomic E-state index is -4.68. The number of rotatable bonds is 8. The third-order valence-electron chi connectivity index (χ3n) is 15.6. The van der Waals surface area contributed by atoms with Crippen molar-refractivity contribution in [1.82, 2.24) is 9.13 Å². The summed E-state index contributed by atoms with van der Waals surface area (Å²) >= 11 is 0. The van der Waals surface area contributed by atoms with Gasteiger partial charge >= 0.3 is 6.18 Å². The molecule has 0 radical (unpaired) electrons. The van der Waals surface area contributed by atoms with Crippen LogP contribution in [0.4, 0.5) is 18.9 Å². The van der Waals surface area contributed by atoms with Gasteiger partial charge in [0.15, 0.2) is 5.69 Å². The molecule has 13 aromatic rings. The Labute approximate surface area is 475 Å². The fourth-order valence-electron chi connectivity index (χ4n) is 11.7. The predicted octanol–water partition coefficient (Wildman–Crippen LogP) is 19.2. The molecule has 2 aromatic heterocycles. The molecule has 0 atom stereocenters. The summed E-state index contributed by atoms with van der Waals surface area (Å²) in [4.78, 5) is 3.70. The molecule has 0 bridgehead atoms. The lowest BCUT2D eigenvalue weighted by Gasteiger charge is -2.21. The Morgan fingerprint density at radius 3 is 1.16 bits per heavy atom. The van der Waals surface area contributed by atoms with Gasteiger partial charge < -0.3 is 9.13 Å². The maximum atomic E-state index is 15.3. The van der Waals surface area contributed by atoms with E-state index in [1.807, 2.05) is 146 Å². The number of aryl methyl sites for hydroxylation is 1. The van der Waals surface area contributed by atoms with E-state index < -0.39 is 11.7 Å². The summed E-state index contributed by atoms with van der Waals surface area (Å²) in [6.07, 6.45) is -4.68. The molecule has 0 N–H and O–H groups in total. The minimum Gasteiger partial charge on any atom is -0.309 e. The first-order valence-corrected chi connectivity index (χ1v) is 26.5. The molecule has 0 spiro atoms. The highest BCUT2D eigenvalue weighted by atomic mass is 19.4. The quantitative estimate of drug-likeness (QED) is 0.141. The van der Waals surface area contributed by atoms with E-state index in [2.05, 4.69) is 62.5 Å². The molecular weight excluding hydrogens is 1030 g/mol. The molecule has 0 saturated heterocycles. The van der Waals surface area contributed by atoms with E-state index in [0.29, 0.717) is 61.6 Å². The monoisotopic (exact) mass is 1070 g/mol. The Balaban J connectivity index is 1.13. The van der Waals surface area contributed by atoms with E-state index in [4.69, 9.17) is 6.57 Å². The summed E-state index contributed by atoms with van der Waals surface area (Å²) in [6, 6.07) is 78.4. The number of nitrogens with zero attached hydrogens (tertiary/aromatic N) is 7. The molecule has 2 heterocycles. The Hall–Kier alpha value is -11.7. The zero-order valence-electron chi connectivity index (χ0n) is 44.1. The second kappa shape index (κ2) is 20.2. The first-order chi connectivity index (χ1) is 40.4. The van der Waals surface area contributed by atoms with Crippen molar-refractivity contribution >= 4 is 49.3 Å². The Kier molecular flexibility index (Phi) is 12.3. The van der Waals surface area contributed by atoms with Crippen LogP contribution in [0.1, 0.15) is 33.4 Å². The Morgan fingerprint density at radius 1 is 0.373 bits per heavy atom. The van der Waals surface area contributed by atoms with Crippen LogP contribution < -0.4 is 0 Å². The van der Waals surface area contributed by atoms with Crippen molar-refractivity contribution in [3.8, 4) is 102 Å². The number of aromatic nitrogens is 2. The van der Waals surface area contributed by atoms with Crippen LogP contribution in [-0.4, -0.2) is 9.13 Å². The van der Waals surface area contributed by atoms with E-state index in [0.717, 1.165) is 94.2 Å². The summed E-state index contributed by atoms with van der Waals surface area (Å²) in [7, 11) is 0. The molecular formula is C73H40F3N7. The summed E-state index contributed by atoms with van der Waals surface area (Å²) in [5, 5.41) is 43.8. The van der Waals surface area contributed by atoms with E-state index in [1.54, 1.807) is 49.4 Å². The Morgan fingerprint density at radius 2 is 0.735 bits per heavy atom. The molecule has 0 aliphatic rings. The zero-order valence-corrected chi connectivity index (χ0v) is 44.1. The van der Waals surface area contributed by atoms with E-state index in [9.17, 15) is 21.0 Å². The van der Waals surface area contributed by atoms with Crippen LogP contribution in [0, 0.1) is 58.8 Å². The average Bonchev–Trinajstić information content (AvgIpc) is 4.28. The standard InChI is InChI=1S/C73H40F3N7/c1-44-8-3-17-65(73(74,75)76)72(44)57-19-25-60(71(39-57)83-68-28-22-55(51-14-6-11-47(32-51)42-79)37-63(68)64-38-56(23-29-69(64)83)52-15-7-16-58(34-52)81-2)59-24-18-48(43-80)33-70(59)82-66-26-20-53(49-12-4-9-45(30-49)40-77)35-61(66)62-36-54(21-27-67(62)82)50-13-5-10-46(31-50)41-78/h3-39H,1H3. The molecule has 11 aromatic carbocycles. The minimum absolute atomic E-state index is 0.0462. The number of hydrogen-bond donors (Lipinski definition) is 0. The highest BCUT2D eigenvalue weighted by molar-refractivity contribution is 6.14. The fraction of sp³-hybridized carbons (Fsp3) is 0.0274. The molecule has 0 aliphatic carbocycles. The van der Waals surface area contributed by atoms with Gasteiger partial charge in [-0.3, -0.25) is 0 Å². The number of nitriles is 4. The van der Waals surface area contributed by atoms with Gasteiger partial charge in [-0.1, -0.05) is 109 Å². The average molecular weight is 1070 g/mol. The maximum Gasteiger partial charge on any atom is 0.417 e. The van der Waals surface area contributed by atoms with Gasteiger partial charge in [0.1, 0.15) is 0 Å². The predicted molar refractivity (Wildman–Crippen MR) is 323 cm³/mol. The molecule has 7 nitrogen and oxygen atoms in total. The normalized spacial score (nSPS) is 11.3. The second-order valence-corrected chi connectivity index (χ2v) is 20.4. The van der Waals surface area contributed by atoms with Crippen molar-refractivity contribution in [1.29, 1.82) is 21.0 Å². The molecule has 0 amide bonds. The van der Waals surface area contributed by atoms with Gasteiger partial charge in [-0.25, -0.2) is 4.85 Å². The maximum absolute atomic E-state index is 15.3. The van der Waals surface area contributed by atoms with Gasteiger partial charge in [-0.2, -0.15) is 34.2 Å². The third-order valence-corrected chi connectivity index (χ3v) is 15.6. The summed E-state index contributed by atoms with van der Waals surface area (Å²) in [5.74, 6) is 0. The van der Waals surface area contributed by atoms with E-state index in [-0.39, 0.29) is 5.56 Å². The van der Waals surface area contributed by atoms with E-state index in [1.165, 1.54) is 6.07 Å². The van der Waals surface area contributed by atoms with E-state index >= 15 is 13.2 Å². The van der Waals surface area contributed by atoms with Gasteiger partial charge in [0, 0.05) is 32.7 Å². The van der Waals surface area contributed by atoms with Crippen molar-refractivity contribution in [3.63, 3.8) is 0 Å². The molecule has 10 heteroatoms. The van der Waals surface area contributed by atoms with Crippen LogP contribution in [0.15, 0.2) is 224 Å². The van der Waals surface area contributed by atoms with Crippen molar-refractivity contribution < 1.29 is 13.2 Å². The second-order valence-electron chi connectivity index (χ2n) is 20.4. The first-order valence-electron chi connectivity index (χ1n) is 26.5. The molecule has 0 aliphatic heterocycles. The lowest BCUT2D eigenvalue weighted by molar-refractivity contribution is -0.137. The topological polar surface area (TPSA) is 109 Å². The summed E-state index contributed by atoms with van der Waals surface area (Å²) < 4.78 is 50.0. The van der Waals surface area contributed by atoms with Gasteiger partial charge in [0.2, 0.25) is 0 Å². The first kappa shape index (κ1) is 50.7. The lowest BCUT2D eigenvalue weighted by atomic mass is 9.91. The lowest BCUT2D eigenvalue weighted by Crippen LogP contribution is -2.08. The zero-order chi connectivity index (χ0) is 57.1. The number of hydrogen-bond acceptors (Lipinski definition) is 4. The van der Waals surface area contributed by atoms with Crippen molar-refractivity contribution in [2.45, 2.75) is 13.1 Å². The van der Waals surface area contributed by atoms with Crippen LogP contribution in [0.2, 0.25) is 0 Å². The Bertz CT molecular complexity index is 4890. The van der Waals surface area contributed by atoms with Gasteiger partial charge in [-0.05, 0) is 183 Å². The van der Waals surface area contributed by atoms with Crippen molar-refractivity contribution in [2.75, 3.05) is 0 Å². The number of alkyl halides is 3. The van der Waals surface area contributed by atoms with Gasteiger partial charge in [-0.15, -0.1) is 0 Å². The van der Waals surface area contributed by atoms with Gasteiger partial charge in [0.25, 0.3) is 0 Å². The molecule has 0 unspecified atom stereocenters. The van der Waals surface area contributed by atoms with Crippen LogP contribution in [-0.2, 0) is 6.18 Å². The molecule has 388 valence electrons. The van der Waals surface area contributed by atoms with Crippen LogP contribution in [0.25, 0.3) is 127 Å². The van der Waals surface area contributed by atoms with Crippen LogP contribution in [0.5, 0.6) is 0 Å². The SMILES string of the molecule is [C-]#[N+]c1cccc(-c2ccc3c(c2)c2cc(-c4cccc(C#N)c4)ccc2n3-c2cc(-c3c(C)cccc3C(F)(F)F)ccc2-c2ccc(C#N)cc2-n2c3ccc(-c4cccc(C#N)c4)cc3c3cc(-c4cccc(C#N)c4)ccc32)c1. The number of halogens is 3. The summed E-state index contributed by atoms with van der Waals surface area (Å²) in [6.45, 7) is 9.46. The number of fused-ring (bicyclic) bond motifs is 6. The van der Waals surface area contributed by atoms with Gasteiger partial charge in [0.05, 0.1) is 92.1 Å². The molecule has 0 saturated carbocycles. The van der Waals surface area contributed by atoms with Crippen molar-refractivity contribution in [2.24, 2.45) is 0 Å². The molecule has 0 fully saturated rings. The smallest absolute Gasteiger partial charge is 0.309 e. The highest BCUT2D eigenvalue weighted by Crippen LogP contribution is 2.47. The highest BCUT2D eigenvalue weighted by Gasteiger charge is 2.35. The van der Waals surface area contributed by atoms with Crippen LogP contribution >= 0.6 is 0 Å². The molecule has 13 rings (SSSR count). The fourth-order valence-corrected chi connectivity index (χ4v) is 11.7. The number of benzene rings is 11. The van der Waals surface area contributed by atoms with Crippen LogP contribution in [0.3, 0.4) is 0 Å². The third kappa shape index (κ3) is 8.86. The molecule has 83 heavy (non-hydrogen) atoms. The summed E-state index contributed by atoms with van der Waals surface area (Å²) in [5.41, 5.74) is 14.9. The largest absolute Gasteiger partial charge is 0.417 e.